The Bertz CT molecular complexity index is 396. The fourth-order valence-corrected chi connectivity index (χ4v) is 1.63. The molecule has 0 unspecified atom stereocenters. The lowest BCUT2D eigenvalue weighted by Crippen LogP contribution is -2.30. The first-order chi connectivity index (χ1) is 8.02. The van der Waals surface area contributed by atoms with Crippen LogP contribution in [0.3, 0.4) is 0 Å². The Labute approximate surface area is 98.7 Å². The summed E-state index contributed by atoms with van der Waals surface area (Å²) in [7, 11) is 0. The lowest BCUT2D eigenvalue weighted by molar-refractivity contribution is -0.138. The highest BCUT2D eigenvalue weighted by Gasteiger charge is 2.12. The van der Waals surface area contributed by atoms with Gasteiger partial charge in [0.25, 0.3) is 0 Å². The topological polar surface area (TPSA) is 40.5 Å². The molecule has 0 fully saturated rings. The Kier molecular flexibility index (Phi) is 5.03. The Morgan fingerprint density at radius 1 is 1.41 bits per heavy atom. The number of carboxylic acid groups (broad SMARTS) is 1. The first kappa shape index (κ1) is 13.6. The highest BCUT2D eigenvalue weighted by atomic mass is 19.1. The van der Waals surface area contributed by atoms with Gasteiger partial charge in [0.05, 0.1) is 6.54 Å². The standard InChI is InChI=1S/C12H15F2NO2/c1-2-5-15(8-12(16)17)7-9-6-10(13)3-4-11(9)14/h3-4,6H,2,5,7-8H2,1H3,(H,16,17). The summed E-state index contributed by atoms with van der Waals surface area (Å²) >= 11 is 0. The van der Waals surface area contributed by atoms with Crippen molar-refractivity contribution < 1.29 is 18.7 Å². The molecular weight excluding hydrogens is 228 g/mol. The number of rotatable bonds is 6. The zero-order chi connectivity index (χ0) is 12.8. The second kappa shape index (κ2) is 6.30. The molecule has 1 rings (SSSR count). The monoisotopic (exact) mass is 243 g/mol. The van der Waals surface area contributed by atoms with Crippen molar-refractivity contribution in [2.24, 2.45) is 0 Å². The van der Waals surface area contributed by atoms with Crippen LogP contribution in [0.5, 0.6) is 0 Å². The summed E-state index contributed by atoms with van der Waals surface area (Å²) in [6, 6.07) is 3.19. The molecule has 0 aliphatic rings. The van der Waals surface area contributed by atoms with E-state index in [4.69, 9.17) is 5.11 Å². The third-order valence-corrected chi connectivity index (χ3v) is 2.30. The summed E-state index contributed by atoms with van der Waals surface area (Å²) < 4.78 is 26.3. The van der Waals surface area contributed by atoms with Gasteiger partial charge < -0.3 is 5.11 Å². The summed E-state index contributed by atoms with van der Waals surface area (Å²) in [5.41, 5.74) is 0.180. The zero-order valence-corrected chi connectivity index (χ0v) is 9.62. The number of hydrogen-bond acceptors (Lipinski definition) is 2. The molecule has 0 bridgehead atoms. The van der Waals surface area contributed by atoms with Gasteiger partial charge in [0.2, 0.25) is 0 Å². The van der Waals surface area contributed by atoms with Crippen LogP contribution in [0, 0.1) is 11.6 Å². The van der Waals surface area contributed by atoms with E-state index < -0.39 is 17.6 Å². The first-order valence-corrected chi connectivity index (χ1v) is 5.41. The molecule has 0 saturated heterocycles. The minimum absolute atomic E-state index is 0.101. The number of nitrogens with zero attached hydrogens (tertiary/aromatic N) is 1. The van der Waals surface area contributed by atoms with Crippen molar-refractivity contribution in [1.29, 1.82) is 0 Å². The molecule has 5 heteroatoms. The van der Waals surface area contributed by atoms with Crippen LogP contribution in [0.4, 0.5) is 8.78 Å². The maximum absolute atomic E-state index is 13.4. The minimum Gasteiger partial charge on any atom is -0.480 e. The van der Waals surface area contributed by atoms with Crippen LogP contribution in [-0.2, 0) is 11.3 Å². The van der Waals surface area contributed by atoms with Crippen molar-refractivity contribution in [1.82, 2.24) is 4.90 Å². The first-order valence-electron chi connectivity index (χ1n) is 5.41. The van der Waals surface area contributed by atoms with E-state index in [0.717, 1.165) is 24.6 Å². The van der Waals surface area contributed by atoms with Gasteiger partial charge in [-0.1, -0.05) is 6.92 Å². The molecule has 17 heavy (non-hydrogen) atoms. The molecule has 0 atom stereocenters. The second-order valence-corrected chi connectivity index (χ2v) is 3.84. The van der Waals surface area contributed by atoms with Gasteiger partial charge in [0.15, 0.2) is 0 Å². The van der Waals surface area contributed by atoms with Crippen LogP contribution >= 0.6 is 0 Å². The minimum atomic E-state index is -0.977. The average Bonchev–Trinajstić information content (AvgIpc) is 2.23. The molecule has 0 radical (unpaired) electrons. The van der Waals surface area contributed by atoms with Gasteiger partial charge in [-0.3, -0.25) is 9.69 Å². The van der Waals surface area contributed by atoms with Gasteiger partial charge in [-0.15, -0.1) is 0 Å². The number of aliphatic carboxylic acids is 1. The molecule has 0 spiro atoms. The lowest BCUT2D eigenvalue weighted by Gasteiger charge is -2.19. The predicted molar refractivity (Wildman–Crippen MR) is 59.6 cm³/mol. The van der Waals surface area contributed by atoms with Crippen LogP contribution in [0.15, 0.2) is 18.2 Å². The van der Waals surface area contributed by atoms with Gasteiger partial charge in [-0.05, 0) is 31.2 Å². The SMILES string of the molecule is CCCN(CC(=O)O)Cc1cc(F)ccc1F. The van der Waals surface area contributed by atoms with Crippen LogP contribution in [0.2, 0.25) is 0 Å². The summed E-state index contributed by atoms with van der Waals surface area (Å²) in [4.78, 5) is 12.2. The third-order valence-electron chi connectivity index (χ3n) is 2.30. The van der Waals surface area contributed by atoms with Crippen LogP contribution in [0.1, 0.15) is 18.9 Å². The molecule has 0 amide bonds. The fraction of sp³-hybridized carbons (Fsp3) is 0.417. The van der Waals surface area contributed by atoms with E-state index in [9.17, 15) is 13.6 Å². The van der Waals surface area contributed by atoms with Crippen molar-refractivity contribution >= 4 is 5.97 Å². The van der Waals surface area contributed by atoms with Crippen LogP contribution in [0.25, 0.3) is 0 Å². The molecule has 0 heterocycles. The van der Waals surface area contributed by atoms with Gasteiger partial charge in [0.1, 0.15) is 11.6 Å². The molecule has 0 aromatic heterocycles. The number of carbonyl (C=O) groups is 1. The smallest absolute Gasteiger partial charge is 0.317 e. The largest absolute Gasteiger partial charge is 0.480 e. The van der Waals surface area contributed by atoms with Crippen molar-refractivity contribution in [2.75, 3.05) is 13.1 Å². The summed E-state index contributed by atoms with van der Waals surface area (Å²) in [6.07, 6.45) is 0.754. The van der Waals surface area contributed by atoms with Crippen molar-refractivity contribution in [2.45, 2.75) is 19.9 Å². The van der Waals surface area contributed by atoms with E-state index in [1.807, 2.05) is 6.92 Å². The number of carboxylic acids is 1. The molecule has 1 N–H and O–H groups in total. The van der Waals surface area contributed by atoms with Crippen LogP contribution in [-0.4, -0.2) is 29.1 Å². The molecule has 0 aliphatic heterocycles. The Balaban J connectivity index is 2.77. The highest BCUT2D eigenvalue weighted by Crippen LogP contribution is 2.12. The molecule has 94 valence electrons. The zero-order valence-electron chi connectivity index (χ0n) is 9.62. The number of halogens is 2. The molecule has 3 nitrogen and oxygen atoms in total. The Morgan fingerprint density at radius 2 is 2.12 bits per heavy atom. The predicted octanol–water partition coefficient (Wildman–Crippen LogP) is 2.26. The normalized spacial score (nSPS) is 10.8. The van der Waals surface area contributed by atoms with E-state index in [-0.39, 0.29) is 18.7 Å². The third kappa shape index (κ3) is 4.48. The molecule has 0 aliphatic carbocycles. The second-order valence-electron chi connectivity index (χ2n) is 3.84. The molecule has 0 saturated carbocycles. The van der Waals surface area contributed by atoms with E-state index >= 15 is 0 Å². The Hall–Kier alpha value is -1.49. The van der Waals surface area contributed by atoms with Crippen molar-refractivity contribution in [3.63, 3.8) is 0 Å². The van der Waals surface area contributed by atoms with E-state index in [1.165, 1.54) is 0 Å². The van der Waals surface area contributed by atoms with E-state index in [0.29, 0.717) is 6.54 Å². The van der Waals surface area contributed by atoms with Gasteiger partial charge in [-0.25, -0.2) is 8.78 Å². The lowest BCUT2D eigenvalue weighted by atomic mass is 10.2. The quantitative estimate of drug-likeness (QED) is 0.833. The average molecular weight is 243 g/mol. The molecule has 1 aromatic carbocycles. The van der Waals surface area contributed by atoms with Gasteiger partial charge in [-0.2, -0.15) is 0 Å². The number of benzene rings is 1. The van der Waals surface area contributed by atoms with Crippen molar-refractivity contribution in [3.8, 4) is 0 Å². The van der Waals surface area contributed by atoms with Gasteiger partial charge in [0, 0.05) is 12.1 Å². The number of hydrogen-bond donors (Lipinski definition) is 1. The summed E-state index contributed by atoms with van der Waals surface area (Å²) in [5.74, 6) is -2.01. The summed E-state index contributed by atoms with van der Waals surface area (Å²) in [5, 5.41) is 8.70. The molecular formula is C12H15F2NO2. The van der Waals surface area contributed by atoms with Gasteiger partial charge >= 0.3 is 5.97 Å². The summed E-state index contributed by atoms with van der Waals surface area (Å²) in [6.45, 7) is 2.35. The van der Waals surface area contributed by atoms with E-state index in [2.05, 4.69) is 0 Å². The maximum Gasteiger partial charge on any atom is 0.317 e. The Morgan fingerprint density at radius 3 is 2.71 bits per heavy atom. The molecule has 1 aromatic rings. The van der Waals surface area contributed by atoms with Crippen LogP contribution < -0.4 is 0 Å². The van der Waals surface area contributed by atoms with Crippen molar-refractivity contribution in [3.05, 3.63) is 35.4 Å². The van der Waals surface area contributed by atoms with E-state index in [1.54, 1.807) is 4.90 Å². The highest BCUT2D eigenvalue weighted by molar-refractivity contribution is 5.69. The maximum atomic E-state index is 13.4. The fourth-order valence-electron chi connectivity index (χ4n) is 1.63.